The number of carbonyl (C=O) groups is 2. The van der Waals surface area contributed by atoms with Crippen molar-refractivity contribution in [2.75, 3.05) is 33.9 Å². The lowest BCUT2D eigenvalue weighted by Gasteiger charge is -2.19. The molecule has 0 atom stereocenters. The number of nitrogens with zero attached hydrogens (tertiary/aromatic N) is 1. The molecule has 2 rings (SSSR count). The van der Waals surface area contributed by atoms with E-state index >= 15 is 0 Å². The van der Waals surface area contributed by atoms with Crippen LogP contribution in [-0.4, -0.2) is 50.7 Å². The number of methoxy groups -OCH3 is 2. The Hall–Kier alpha value is -2.15. The number of carbonyl (C=O) groups excluding carboxylic acids is 2. The van der Waals surface area contributed by atoms with E-state index in [4.69, 9.17) is 16.3 Å². The normalized spacial score (nSPS) is 10.9. The molecular formula is C19H20ClNO4S. The molecule has 1 aromatic heterocycles. The monoisotopic (exact) mass is 393 g/mol. The van der Waals surface area contributed by atoms with E-state index in [1.807, 2.05) is 36.4 Å². The summed E-state index contributed by atoms with van der Waals surface area (Å²) in [4.78, 5) is 27.2. The Morgan fingerprint density at radius 2 is 2.04 bits per heavy atom. The minimum atomic E-state index is -0.470. The van der Waals surface area contributed by atoms with Gasteiger partial charge in [0, 0.05) is 34.5 Å². The molecule has 0 bridgehead atoms. The topological polar surface area (TPSA) is 55.8 Å². The summed E-state index contributed by atoms with van der Waals surface area (Å²) < 4.78 is 9.61. The van der Waals surface area contributed by atoms with E-state index in [9.17, 15) is 9.59 Å². The fourth-order valence-electron chi connectivity index (χ4n) is 2.19. The van der Waals surface area contributed by atoms with Crippen LogP contribution < -0.4 is 0 Å². The molecule has 0 N–H and O–H groups in total. The average Bonchev–Trinajstić information content (AvgIpc) is 3.12. The van der Waals surface area contributed by atoms with Crippen molar-refractivity contribution in [1.82, 2.24) is 4.90 Å². The third-order valence-electron chi connectivity index (χ3n) is 3.55. The van der Waals surface area contributed by atoms with Gasteiger partial charge in [-0.3, -0.25) is 9.59 Å². The second kappa shape index (κ2) is 10.1. The van der Waals surface area contributed by atoms with Gasteiger partial charge in [0.15, 0.2) is 0 Å². The molecule has 0 saturated carbocycles. The Morgan fingerprint density at radius 1 is 1.23 bits per heavy atom. The molecule has 7 heteroatoms. The molecule has 0 fully saturated rings. The first-order chi connectivity index (χ1) is 12.5. The zero-order valence-electron chi connectivity index (χ0n) is 14.6. The van der Waals surface area contributed by atoms with E-state index in [0.717, 1.165) is 15.3 Å². The first-order valence-electron chi connectivity index (χ1n) is 7.92. The number of amides is 1. The second-order valence-corrected chi connectivity index (χ2v) is 6.93. The van der Waals surface area contributed by atoms with Crippen molar-refractivity contribution in [2.24, 2.45) is 0 Å². The maximum Gasteiger partial charge on any atom is 0.325 e. The Morgan fingerprint density at radius 3 is 2.73 bits per heavy atom. The quantitative estimate of drug-likeness (QED) is 0.506. The fourth-order valence-corrected chi connectivity index (χ4v) is 3.28. The van der Waals surface area contributed by atoms with Crippen LogP contribution in [0, 0.1) is 0 Å². The molecule has 0 spiro atoms. The predicted molar refractivity (Wildman–Crippen MR) is 104 cm³/mol. The van der Waals surface area contributed by atoms with Crippen LogP contribution in [0.5, 0.6) is 0 Å². The zero-order chi connectivity index (χ0) is 18.9. The van der Waals surface area contributed by atoms with Crippen molar-refractivity contribution in [3.05, 3.63) is 52.4 Å². The summed E-state index contributed by atoms with van der Waals surface area (Å²) in [5.41, 5.74) is 1.03. The fraction of sp³-hybridized carbons (Fsp3) is 0.263. The maximum absolute atomic E-state index is 12.4. The number of halogens is 1. The lowest BCUT2D eigenvalue weighted by Crippen LogP contribution is -2.37. The molecular weight excluding hydrogens is 374 g/mol. The van der Waals surface area contributed by atoms with E-state index in [2.05, 4.69) is 4.74 Å². The molecule has 26 heavy (non-hydrogen) atoms. The van der Waals surface area contributed by atoms with Gasteiger partial charge in [0.1, 0.15) is 6.54 Å². The number of thiophene rings is 1. The summed E-state index contributed by atoms with van der Waals surface area (Å²) >= 11 is 7.58. The molecule has 1 aromatic carbocycles. The molecule has 0 saturated heterocycles. The Balaban J connectivity index is 2.07. The Bertz CT molecular complexity index is 787. The van der Waals surface area contributed by atoms with Gasteiger partial charge in [0.05, 0.1) is 13.7 Å². The lowest BCUT2D eigenvalue weighted by atomic mass is 10.2. The van der Waals surface area contributed by atoms with Crippen LogP contribution in [0.25, 0.3) is 16.5 Å². The largest absolute Gasteiger partial charge is 0.468 e. The number of rotatable bonds is 8. The van der Waals surface area contributed by atoms with Gasteiger partial charge in [-0.15, -0.1) is 11.3 Å². The van der Waals surface area contributed by atoms with Crippen LogP contribution in [0.4, 0.5) is 0 Å². The molecule has 0 aliphatic heterocycles. The molecule has 0 aliphatic rings. The van der Waals surface area contributed by atoms with Gasteiger partial charge in [-0.25, -0.2) is 0 Å². The first kappa shape index (κ1) is 20.2. The van der Waals surface area contributed by atoms with Crippen molar-refractivity contribution in [1.29, 1.82) is 0 Å². The van der Waals surface area contributed by atoms with Gasteiger partial charge in [-0.05, 0) is 35.9 Å². The summed E-state index contributed by atoms with van der Waals surface area (Å²) in [5, 5.41) is 0.680. The number of ether oxygens (including phenoxy) is 2. The van der Waals surface area contributed by atoms with Crippen LogP contribution in [0.3, 0.4) is 0 Å². The van der Waals surface area contributed by atoms with Gasteiger partial charge in [-0.1, -0.05) is 23.7 Å². The highest BCUT2D eigenvalue weighted by atomic mass is 35.5. The van der Waals surface area contributed by atoms with Gasteiger partial charge in [0.2, 0.25) is 5.91 Å². The molecule has 138 valence electrons. The molecule has 2 aromatic rings. The van der Waals surface area contributed by atoms with E-state index in [1.165, 1.54) is 18.1 Å². The number of benzene rings is 1. The molecule has 5 nitrogen and oxygen atoms in total. The minimum Gasteiger partial charge on any atom is -0.468 e. The van der Waals surface area contributed by atoms with Gasteiger partial charge in [0.25, 0.3) is 0 Å². The van der Waals surface area contributed by atoms with E-state index in [1.54, 1.807) is 24.5 Å². The summed E-state index contributed by atoms with van der Waals surface area (Å²) in [5.74, 6) is -0.743. The SMILES string of the molecule is COCCN(CC(=O)OC)C(=O)/C=C/c1ccc(-c2cccc(Cl)c2)s1. The molecule has 1 heterocycles. The van der Waals surface area contributed by atoms with Crippen LogP contribution in [0.1, 0.15) is 4.88 Å². The number of hydrogen-bond donors (Lipinski definition) is 0. The van der Waals surface area contributed by atoms with Gasteiger partial charge in [-0.2, -0.15) is 0 Å². The summed E-state index contributed by atoms with van der Waals surface area (Å²) in [7, 11) is 2.83. The van der Waals surface area contributed by atoms with Crippen molar-refractivity contribution in [3.8, 4) is 10.4 Å². The van der Waals surface area contributed by atoms with Gasteiger partial charge < -0.3 is 14.4 Å². The highest BCUT2D eigenvalue weighted by Crippen LogP contribution is 2.30. The average molecular weight is 394 g/mol. The molecule has 0 unspecified atom stereocenters. The van der Waals surface area contributed by atoms with Crippen molar-refractivity contribution >= 4 is 40.9 Å². The Kier molecular flexibility index (Phi) is 7.84. The highest BCUT2D eigenvalue weighted by molar-refractivity contribution is 7.16. The number of hydrogen-bond acceptors (Lipinski definition) is 5. The molecule has 0 radical (unpaired) electrons. The summed E-state index contributed by atoms with van der Waals surface area (Å²) in [6.07, 6.45) is 3.18. The van der Waals surface area contributed by atoms with Crippen LogP contribution in [0.2, 0.25) is 5.02 Å². The van der Waals surface area contributed by atoms with Gasteiger partial charge >= 0.3 is 5.97 Å². The van der Waals surface area contributed by atoms with Crippen LogP contribution in [-0.2, 0) is 19.1 Å². The lowest BCUT2D eigenvalue weighted by molar-refractivity contribution is -0.145. The zero-order valence-corrected chi connectivity index (χ0v) is 16.2. The van der Waals surface area contributed by atoms with Crippen molar-refractivity contribution in [3.63, 3.8) is 0 Å². The van der Waals surface area contributed by atoms with E-state index in [-0.39, 0.29) is 12.5 Å². The molecule has 0 aliphatic carbocycles. The summed E-state index contributed by atoms with van der Waals surface area (Å²) in [6.45, 7) is 0.544. The Labute approximate surface area is 161 Å². The van der Waals surface area contributed by atoms with Crippen LogP contribution >= 0.6 is 22.9 Å². The maximum atomic E-state index is 12.4. The summed E-state index contributed by atoms with van der Waals surface area (Å²) in [6, 6.07) is 11.5. The predicted octanol–water partition coefficient (Wildman–Crippen LogP) is 3.73. The second-order valence-electron chi connectivity index (χ2n) is 5.37. The molecule has 1 amide bonds. The van der Waals surface area contributed by atoms with Crippen molar-refractivity contribution in [2.45, 2.75) is 0 Å². The smallest absolute Gasteiger partial charge is 0.325 e. The third kappa shape index (κ3) is 5.98. The third-order valence-corrected chi connectivity index (χ3v) is 4.89. The van der Waals surface area contributed by atoms with Crippen molar-refractivity contribution < 1.29 is 19.1 Å². The standard InChI is InChI=1S/C19H20ClNO4S/c1-24-11-10-21(13-19(23)25-2)18(22)9-7-16-6-8-17(26-16)14-4-3-5-15(20)12-14/h3-9,12H,10-11,13H2,1-2H3/b9-7+. The minimum absolute atomic E-state index is 0.110. The highest BCUT2D eigenvalue weighted by Gasteiger charge is 2.15. The van der Waals surface area contributed by atoms with Crippen LogP contribution in [0.15, 0.2) is 42.5 Å². The van der Waals surface area contributed by atoms with E-state index in [0.29, 0.717) is 18.2 Å². The number of esters is 1. The first-order valence-corrected chi connectivity index (χ1v) is 9.11. The van der Waals surface area contributed by atoms with E-state index < -0.39 is 5.97 Å².